The molecule has 0 spiro atoms. The van der Waals surface area contributed by atoms with Gasteiger partial charge in [0.15, 0.2) is 0 Å². The third-order valence-corrected chi connectivity index (χ3v) is 12.7. The molecular formula is C53H53N3O13S. The Morgan fingerprint density at radius 2 is 1.16 bits per heavy atom. The molecule has 0 atom stereocenters. The van der Waals surface area contributed by atoms with Crippen LogP contribution in [0, 0.1) is 23.7 Å². The van der Waals surface area contributed by atoms with Crippen molar-refractivity contribution in [1.82, 2.24) is 4.98 Å². The van der Waals surface area contributed by atoms with Gasteiger partial charge in [0, 0.05) is 18.1 Å². The Hall–Kier alpha value is -7.79. The van der Waals surface area contributed by atoms with Crippen LogP contribution in [0.2, 0.25) is 0 Å². The summed E-state index contributed by atoms with van der Waals surface area (Å²) in [6.45, 7) is 10.4. The van der Waals surface area contributed by atoms with Gasteiger partial charge in [-0.15, -0.1) is 0 Å². The number of thiazole rings is 1. The maximum absolute atomic E-state index is 13.6. The molecule has 1 N–H and O–H groups in total. The summed E-state index contributed by atoms with van der Waals surface area (Å²) in [7, 11) is 0. The number of aromatic nitrogens is 1. The number of allylic oxidation sites excluding steroid dienone is 1. The van der Waals surface area contributed by atoms with Crippen molar-refractivity contribution in [3.05, 3.63) is 140 Å². The highest BCUT2D eigenvalue weighted by Crippen LogP contribution is 2.34. The number of fused-ring (bicyclic) bond motifs is 1. The van der Waals surface area contributed by atoms with Gasteiger partial charge in [0.25, 0.3) is 0 Å². The molecule has 17 heteroatoms. The van der Waals surface area contributed by atoms with Gasteiger partial charge in [-0.25, -0.2) is 9.78 Å². The average molecular weight is 972 g/mol. The lowest BCUT2D eigenvalue weighted by Gasteiger charge is -2.26. The fourth-order valence-electron chi connectivity index (χ4n) is 7.79. The van der Waals surface area contributed by atoms with Gasteiger partial charge in [0.05, 0.1) is 46.7 Å². The van der Waals surface area contributed by atoms with E-state index in [0.717, 1.165) is 21.9 Å². The van der Waals surface area contributed by atoms with Crippen LogP contribution in [0.1, 0.15) is 62.5 Å². The average Bonchev–Trinajstić information content (AvgIpc) is 3.81. The highest BCUT2D eigenvalue weighted by Gasteiger charge is 2.34. The van der Waals surface area contributed by atoms with Crippen LogP contribution in [0.3, 0.4) is 0 Å². The molecule has 70 heavy (non-hydrogen) atoms. The van der Waals surface area contributed by atoms with E-state index < -0.39 is 29.7 Å². The number of nitrogens with zero attached hydrogens (tertiary/aromatic N) is 2. The highest BCUT2D eigenvalue weighted by atomic mass is 32.1. The Bertz CT molecular complexity index is 2650. The van der Waals surface area contributed by atoms with E-state index in [1.165, 1.54) is 17.4 Å². The van der Waals surface area contributed by atoms with Crippen molar-refractivity contribution < 1.29 is 61.9 Å². The van der Waals surface area contributed by atoms with Gasteiger partial charge >= 0.3 is 29.8 Å². The fraction of sp³-hybridized carbons (Fsp3) is 0.302. The van der Waals surface area contributed by atoms with Crippen molar-refractivity contribution in [2.45, 2.75) is 57.8 Å². The molecule has 5 aromatic rings. The Morgan fingerprint density at radius 3 is 1.71 bits per heavy atom. The zero-order chi connectivity index (χ0) is 49.2. The predicted molar refractivity (Wildman–Crippen MR) is 260 cm³/mol. The summed E-state index contributed by atoms with van der Waals surface area (Å²) in [5.74, 6) is -1.21. The molecule has 0 unspecified atom stereocenters. The molecule has 7 rings (SSSR count). The zero-order valence-corrected chi connectivity index (χ0v) is 39.2. The molecule has 364 valence electrons. The Morgan fingerprint density at radius 1 is 0.629 bits per heavy atom. The maximum atomic E-state index is 13.6. The van der Waals surface area contributed by atoms with Gasteiger partial charge in [0.1, 0.15) is 34.5 Å². The van der Waals surface area contributed by atoms with Crippen LogP contribution in [-0.2, 0) is 44.6 Å². The molecule has 0 bridgehead atoms. The Labute approximate surface area is 408 Å². The van der Waals surface area contributed by atoms with Crippen LogP contribution in [0.5, 0.6) is 28.7 Å². The lowest BCUT2D eigenvalue weighted by atomic mass is 9.82. The summed E-state index contributed by atoms with van der Waals surface area (Å²) < 4.78 is 44.8. The van der Waals surface area contributed by atoms with Gasteiger partial charge in [-0.1, -0.05) is 49.3 Å². The van der Waals surface area contributed by atoms with Crippen LogP contribution in [-0.4, -0.2) is 61.2 Å². The minimum atomic E-state index is -0.608. The van der Waals surface area contributed by atoms with Gasteiger partial charge < -0.3 is 37.9 Å². The minimum absolute atomic E-state index is 0.0321. The van der Waals surface area contributed by atoms with E-state index in [9.17, 15) is 24.0 Å². The maximum Gasteiger partial charge on any atom is 0.333 e. The van der Waals surface area contributed by atoms with E-state index in [2.05, 4.69) is 35.2 Å². The number of esters is 5. The number of nitrogens with one attached hydrogen (secondary N) is 1. The van der Waals surface area contributed by atoms with Crippen LogP contribution in [0.25, 0.3) is 10.2 Å². The first-order valence-electron chi connectivity index (χ1n) is 22.8. The van der Waals surface area contributed by atoms with E-state index in [4.69, 9.17) is 37.9 Å². The lowest BCUT2D eigenvalue weighted by Crippen LogP contribution is -2.30. The summed E-state index contributed by atoms with van der Waals surface area (Å²) in [5.41, 5.74) is 5.16. The molecule has 2 aliphatic carbocycles. The van der Waals surface area contributed by atoms with E-state index in [1.54, 1.807) is 60.8 Å². The monoisotopic (exact) mass is 971 g/mol. The fourth-order valence-corrected chi connectivity index (χ4v) is 8.60. The van der Waals surface area contributed by atoms with Crippen LogP contribution in [0.4, 0.5) is 5.13 Å². The number of hydrazone groups is 1. The second-order valence-corrected chi connectivity index (χ2v) is 17.5. The number of hydrogen-bond donors (Lipinski definition) is 1. The van der Waals surface area contributed by atoms with Crippen LogP contribution >= 0.6 is 11.3 Å². The largest absolute Gasteiger partial charge is 0.465 e. The standard InChI is InChI=1S/C53H53N3O13S/c1-4-34(3)63-32-64-41-19-23-43(24-20-41)67-50(59)37-13-11-36(12-14-37)49(58)62-29-28-35-10-27-46(40(30-35)31-54-56-53-55-45-8-6-7-9-47(45)70-53)69-52(61)39-17-15-38(16-18-39)51(60)68-44-25-21-42(22-26-44)65-33-66-48(57)5-2/h4-10,19-27,30-31,36-39H,1-3,11-18,28-29,32-33H2,(H,55,56)/b54-31+. The van der Waals surface area contributed by atoms with Gasteiger partial charge in [-0.3, -0.25) is 24.6 Å². The molecule has 2 fully saturated rings. The number of anilines is 1. The Balaban J connectivity index is 0.882. The van der Waals surface area contributed by atoms with Gasteiger partial charge in [-0.2, -0.15) is 5.10 Å². The van der Waals surface area contributed by atoms with Crippen molar-refractivity contribution >= 4 is 62.7 Å². The summed E-state index contributed by atoms with van der Waals surface area (Å²) in [6, 6.07) is 26.0. The molecule has 0 radical (unpaired) electrons. The third kappa shape index (κ3) is 14.6. The molecule has 0 saturated heterocycles. The van der Waals surface area contributed by atoms with Gasteiger partial charge in [0.2, 0.25) is 18.7 Å². The van der Waals surface area contributed by atoms with Crippen molar-refractivity contribution in [1.29, 1.82) is 0 Å². The topological polar surface area (TPSA) is 196 Å². The molecule has 1 heterocycles. The number of hydrogen-bond acceptors (Lipinski definition) is 17. The highest BCUT2D eigenvalue weighted by molar-refractivity contribution is 7.22. The van der Waals surface area contributed by atoms with E-state index in [1.807, 2.05) is 36.4 Å². The number of carbonyl (C=O) groups is 5. The summed E-state index contributed by atoms with van der Waals surface area (Å²) in [4.78, 5) is 68.5. The first-order chi connectivity index (χ1) is 34.0. The molecular weight excluding hydrogens is 919 g/mol. The molecule has 2 aliphatic rings. The Kier molecular flexibility index (Phi) is 17.9. The minimum Gasteiger partial charge on any atom is -0.465 e. The first kappa shape index (κ1) is 50.1. The van der Waals surface area contributed by atoms with Crippen molar-refractivity contribution in [2.75, 3.05) is 25.6 Å². The summed E-state index contributed by atoms with van der Waals surface area (Å²) >= 11 is 1.45. The van der Waals surface area contributed by atoms with E-state index >= 15 is 0 Å². The summed E-state index contributed by atoms with van der Waals surface area (Å²) in [6.07, 6.45) is 8.21. The third-order valence-electron chi connectivity index (χ3n) is 11.7. The van der Waals surface area contributed by atoms with E-state index in [-0.39, 0.29) is 44.0 Å². The quantitative estimate of drug-likeness (QED) is 0.0100. The number of rotatable bonds is 22. The van der Waals surface area contributed by atoms with Crippen LogP contribution in [0.15, 0.2) is 134 Å². The number of para-hydroxylation sites is 1. The predicted octanol–water partition coefficient (Wildman–Crippen LogP) is 9.68. The number of carbonyl (C=O) groups excluding carboxylic acids is 5. The smallest absolute Gasteiger partial charge is 0.333 e. The number of ether oxygens (including phenoxy) is 8. The molecule has 16 nitrogen and oxygen atoms in total. The molecule has 1 aromatic heterocycles. The molecule has 0 aliphatic heterocycles. The van der Waals surface area contributed by atoms with Crippen LogP contribution < -0.4 is 29.1 Å². The molecule has 4 aromatic carbocycles. The SMILES string of the molecule is C=CC(=C)OCOc1ccc(OC(=O)C2CCC(C(=O)OCCc3ccc(OC(=O)C4CCC(C(=O)Oc5ccc(OCOC(=O)C=C)cc5)CC4)c(/C=N/Nc4nc5ccccc5s4)c3)CC2)cc1. The normalized spacial score (nSPS) is 17.6. The second-order valence-electron chi connectivity index (χ2n) is 16.5. The van der Waals surface area contributed by atoms with Crippen molar-refractivity contribution in [3.8, 4) is 28.7 Å². The molecule has 0 amide bonds. The van der Waals surface area contributed by atoms with Crippen molar-refractivity contribution in [3.63, 3.8) is 0 Å². The molecule has 2 saturated carbocycles. The number of benzene rings is 4. The van der Waals surface area contributed by atoms with Gasteiger partial charge in [-0.05, 0) is 136 Å². The van der Waals surface area contributed by atoms with Crippen molar-refractivity contribution in [2.24, 2.45) is 28.8 Å². The second kappa shape index (κ2) is 25.0. The van der Waals surface area contributed by atoms with E-state index in [0.29, 0.717) is 103 Å². The first-order valence-corrected chi connectivity index (χ1v) is 23.6. The summed E-state index contributed by atoms with van der Waals surface area (Å²) in [5, 5.41) is 5.01. The zero-order valence-electron chi connectivity index (χ0n) is 38.4. The lowest BCUT2D eigenvalue weighted by molar-refractivity contribution is -0.152.